The average Bonchev–Trinajstić information content (AvgIpc) is 2.34. The lowest BCUT2D eigenvalue weighted by atomic mass is 10.1. The van der Waals surface area contributed by atoms with Crippen molar-refractivity contribution in [3.05, 3.63) is 28.8 Å². The fourth-order valence-electron chi connectivity index (χ4n) is 2.64. The molecule has 0 radical (unpaired) electrons. The predicted molar refractivity (Wildman–Crippen MR) is 86.2 cm³/mol. The zero-order chi connectivity index (χ0) is 17.1. The molecule has 1 N–H and O–H groups in total. The van der Waals surface area contributed by atoms with Gasteiger partial charge in [-0.15, -0.1) is 0 Å². The van der Waals surface area contributed by atoms with E-state index < -0.39 is 22.0 Å². The molecule has 0 unspecified atom stereocenters. The molecule has 0 aliphatic rings. The molecule has 6 heteroatoms. The fraction of sp³-hybridized carbons (Fsp3) is 0.562. The Morgan fingerprint density at radius 3 is 2.09 bits per heavy atom. The normalized spacial score (nSPS) is 13.2. The van der Waals surface area contributed by atoms with Crippen LogP contribution in [0.5, 0.6) is 0 Å². The first-order chi connectivity index (χ1) is 10.1. The highest BCUT2D eigenvalue weighted by atomic mass is 32.2. The van der Waals surface area contributed by atoms with Crippen molar-refractivity contribution in [3.63, 3.8) is 0 Å². The van der Waals surface area contributed by atoms with Gasteiger partial charge in [-0.25, -0.2) is 8.42 Å². The lowest BCUT2D eigenvalue weighted by molar-refractivity contribution is -0.143. The monoisotopic (exact) mass is 327 g/mol. The van der Waals surface area contributed by atoms with Crippen LogP contribution in [-0.4, -0.2) is 27.5 Å². The molecule has 5 nitrogen and oxygen atoms in total. The summed E-state index contributed by atoms with van der Waals surface area (Å²) in [4.78, 5) is 12.1. The zero-order valence-electron chi connectivity index (χ0n) is 14.1. The number of hydrogen-bond donors (Lipinski definition) is 1. The highest BCUT2D eigenvalue weighted by molar-refractivity contribution is 7.89. The number of nitrogens with one attached hydrogen (secondary N) is 1. The molecular weight excluding hydrogens is 302 g/mol. The van der Waals surface area contributed by atoms with Crippen molar-refractivity contribution in [3.8, 4) is 0 Å². The van der Waals surface area contributed by atoms with E-state index in [1.165, 1.54) is 7.11 Å². The molecule has 0 saturated heterocycles. The third-order valence-corrected chi connectivity index (χ3v) is 5.14. The third-order valence-electron chi connectivity index (χ3n) is 3.36. The van der Waals surface area contributed by atoms with Gasteiger partial charge in [-0.3, -0.25) is 4.79 Å². The predicted octanol–water partition coefficient (Wildman–Crippen LogP) is 2.48. The maximum absolute atomic E-state index is 12.7. The van der Waals surface area contributed by atoms with Crippen molar-refractivity contribution >= 4 is 16.0 Å². The molecule has 0 aliphatic carbocycles. The molecule has 0 saturated carbocycles. The van der Waals surface area contributed by atoms with Crippen molar-refractivity contribution in [2.24, 2.45) is 5.92 Å². The number of methoxy groups -OCH3 is 1. The van der Waals surface area contributed by atoms with Crippen molar-refractivity contribution < 1.29 is 17.9 Å². The molecule has 1 atom stereocenters. The van der Waals surface area contributed by atoms with Crippen LogP contribution in [0.1, 0.15) is 37.0 Å². The van der Waals surface area contributed by atoms with Gasteiger partial charge in [-0.2, -0.15) is 4.72 Å². The van der Waals surface area contributed by atoms with E-state index in [0.717, 1.165) is 5.56 Å². The van der Waals surface area contributed by atoms with Crippen LogP contribution in [0.4, 0.5) is 0 Å². The first-order valence-corrected chi connectivity index (χ1v) is 8.74. The van der Waals surface area contributed by atoms with Crippen LogP contribution in [-0.2, 0) is 19.6 Å². The molecular formula is C16H25NO4S. The smallest absolute Gasteiger partial charge is 0.323 e. The summed E-state index contributed by atoms with van der Waals surface area (Å²) in [5.41, 5.74) is 2.33. The van der Waals surface area contributed by atoms with Crippen molar-refractivity contribution in [2.45, 2.75) is 52.0 Å². The summed E-state index contributed by atoms with van der Waals surface area (Å²) in [6, 6.07) is 2.75. The van der Waals surface area contributed by atoms with Crippen LogP contribution in [0.15, 0.2) is 17.0 Å². The summed E-state index contributed by atoms with van der Waals surface area (Å²) in [6.07, 6.45) is 0.385. The van der Waals surface area contributed by atoms with E-state index in [2.05, 4.69) is 4.72 Å². The van der Waals surface area contributed by atoms with Crippen LogP contribution < -0.4 is 4.72 Å². The van der Waals surface area contributed by atoms with Gasteiger partial charge in [-0.05, 0) is 44.2 Å². The number of aryl methyl sites for hydroxylation is 3. The Bertz CT molecular complexity index is 627. The summed E-state index contributed by atoms with van der Waals surface area (Å²) >= 11 is 0. The minimum absolute atomic E-state index is 0.159. The molecule has 0 aliphatic heterocycles. The third kappa shape index (κ3) is 4.55. The minimum Gasteiger partial charge on any atom is -0.468 e. The van der Waals surface area contributed by atoms with Crippen LogP contribution in [0.25, 0.3) is 0 Å². The maximum atomic E-state index is 12.7. The van der Waals surface area contributed by atoms with Crippen LogP contribution in [0.3, 0.4) is 0 Å². The summed E-state index contributed by atoms with van der Waals surface area (Å²) < 4.78 is 32.6. The van der Waals surface area contributed by atoms with Gasteiger partial charge in [-0.1, -0.05) is 31.5 Å². The molecule has 0 heterocycles. The van der Waals surface area contributed by atoms with Crippen molar-refractivity contribution in [2.75, 3.05) is 7.11 Å². The van der Waals surface area contributed by atoms with E-state index in [1.807, 2.05) is 32.9 Å². The van der Waals surface area contributed by atoms with Gasteiger partial charge in [0.1, 0.15) is 6.04 Å². The second-order valence-corrected chi connectivity index (χ2v) is 7.71. The Morgan fingerprint density at radius 1 is 1.18 bits per heavy atom. The van der Waals surface area contributed by atoms with Gasteiger partial charge >= 0.3 is 5.97 Å². The Hall–Kier alpha value is -1.40. The Kier molecular flexibility index (Phi) is 6.14. The van der Waals surface area contributed by atoms with Gasteiger partial charge in [0.05, 0.1) is 12.0 Å². The molecule has 0 aromatic heterocycles. The number of esters is 1. The summed E-state index contributed by atoms with van der Waals surface area (Å²) in [6.45, 7) is 9.27. The molecule has 0 fully saturated rings. The highest BCUT2D eigenvalue weighted by Crippen LogP contribution is 2.22. The second-order valence-electron chi connectivity index (χ2n) is 6.05. The summed E-state index contributed by atoms with van der Waals surface area (Å²) in [5, 5.41) is 0. The Balaban J connectivity index is 3.21. The molecule has 0 amide bonds. The molecule has 1 rings (SSSR count). The van der Waals surface area contributed by atoms with Gasteiger partial charge in [0.2, 0.25) is 10.0 Å². The summed E-state index contributed by atoms with van der Waals surface area (Å²) in [7, 11) is -2.53. The maximum Gasteiger partial charge on any atom is 0.323 e. The van der Waals surface area contributed by atoms with Crippen LogP contribution in [0, 0.1) is 26.7 Å². The number of carbonyl (C=O) groups excluding carboxylic acids is 1. The van der Waals surface area contributed by atoms with E-state index in [-0.39, 0.29) is 10.8 Å². The SMILES string of the molecule is COC(=O)[C@@H](CC(C)C)NS(=O)(=O)c1c(C)cc(C)cc1C. The molecule has 124 valence electrons. The Morgan fingerprint density at radius 2 is 1.68 bits per heavy atom. The number of ether oxygens (including phenoxy) is 1. The zero-order valence-corrected chi connectivity index (χ0v) is 14.9. The number of sulfonamides is 1. The van der Waals surface area contributed by atoms with E-state index in [0.29, 0.717) is 17.5 Å². The van der Waals surface area contributed by atoms with E-state index in [9.17, 15) is 13.2 Å². The van der Waals surface area contributed by atoms with E-state index in [1.54, 1.807) is 13.8 Å². The molecule has 0 spiro atoms. The van der Waals surface area contributed by atoms with Gasteiger partial charge < -0.3 is 4.74 Å². The quantitative estimate of drug-likeness (QED) is 0.815. The van der Waals surface area contributed by atoms with E-state index >= 15 is 0 Å². The lowest BCUT2D eigenvalue weighted by Crippen LogP contribution is -2.42. The summed E-state index contributed by atoms with van der Waals surface area (Å²) in [5.74, 6) is -0.410. The van der Waals surface area contributed by atoms with Crippen molar-refractivity contribution in [1.29, 1.82) is 0 Å². The van der Waals surface area contributed by atoms with Crippen LogP contribution in [0.2, 0.25) is 0 Å². The Labute approximate surface area is 133 Å². The first-order valence-electron chi connectivity index (χ1n) is 7.26. The number of benzene rings is 1. The highest BCUT2D eigenvalue weighted by Gasteiger charge is 2.29. The lowest BCUT2D eigenvalue weighted by Gasteiger charge is -2.20. The first kappa shape index (κ1) is 18.6. The standard InChI is InChI=1S/C16H25NO4S/c1-10(2)7-14(16(18)21-6)17-22(19,20)15-12(4)8-11(3)9-13(15)5/h8-10,14,17H,7H2,1-6H3/t14-/m1/s1. The minimum atomic E-state index is -3.79. The van der Waals surface area contributed by atoms with Gasteiger partial charge in [0.15, 0.2) is 0 Å². The number of rotatable bonds is 6. The van der Waals surface area contributed by atoms with Gasteiger partial charge in [0, 0.05) is 0 Å². The van der Waals surface area contributed by atoms with Crippen molar-refractivity contribution in [1.82, 2.24) is 4.72 Å². The molecule has 1 aromatic rings. The fourth-order valence-corrected chi connectivity index (χ4v) is 4.29. The van der Waals surface area contributed by atoms with Crippen LogP contribution >= 0.6 is 0 Å². The largest absolute Gasteiger partial charge is 0.468 e. The average molecular weight is 327 g/mol. The van der Waals surface area contributed by atoms with E-state index in [4.69, 9.17) is 4.74 Å². The topological polar surface area (TPSA) is 72.5 Å². The molecule has 22 heavy (non-hydrogen) atoms. The molecule has 1 aromatic carbocycles. The number of hydrogen-bond acceptors (Lipinski definition) is 4. The number of carbonyl (C=O) groups is 1. The second kappa shape index (κ2) is 7.24. The molecule has 0 bridgehead atoms. The van der Waals surface area contributed by atoms with Gasteiger partial charge in [0.25, 0.3) is 0 Å².